The predicted octanol–water partition coefficient (Wildman–Crippen LogP) is 3.58. The minimum absolute atomic E-state index is 0.113. The van der Waals surface area contributed by atoms with Crippen LogP contribution in [0.15, 0.2) is 30.3 Å². The SMILES string of the molecule is CC(=O)/C=C(\C)c1ccc(OC(F)(F)F)cc1. The lowest BCUT2D eigenvalue weighted by Gasteiger charge is -2.09. The van der Waals surface area contributed by atoms with Gasteiger partial charge in [-0.1, -0.05) is 12.1 Å². The van der Waals surface area contributed by atoms with Gasteiger partial charge >= 0.3 is 6.36 Å². The number of hydrogen-bond donors (Lipinski definition) is 0. The molecule has 1 aromatic carbocycles. The van der Waals surface area contributed by atoms with E-state index in [1.54, 1.807) is 6.92 Å². The summed E-state index contributed by atoms with van der Waals surface area (Å²) in [4.78, 5) is 10.8. The van der Waals surface area contributed by atoms with E-state index >= 15 is 0 Å². The zero-order valence-electron chi connectivity index (χ0n) is 9.34. The van der Waals surface area contributed by atoms with E-state index in [1.807, 2.05) is 0 Å². The second-order valence-corrected chi connectivity index (χ2v) is 3.51. The van der Waals surface area contributed by atoms with Crippen LogP contribution in [0.3, 0.4) is 0 Å². The maximum absolute atomic E-state index is 11.9. The van der Waals surface area contributed by atoms with Gasteiger partial charge in [0.15, 0.2) is 5.78 Å². The number of carbonyl (C=O) groups excluding carboxylic acids is 1. The van der Waals surface area contributed by atoms with Crippen molar-refractivity contribution in [3.8, 4) is 5.75 Å². The van der Waals surface area contributed by atoms with E-state index < -0.39 is 6.36 Å². The Bertz CT molecular complexity index is 430. The number of benzene rings is 1. The van der Waals surface area contributed by atoms with Crippen molar-refractivity contribution in [3.05, 3.63) is 35.9 Å². The molecule has 17 heavy (non-hydrogen) atoms. The van der Waals surface area contributed by atoms with Crippen molar-refractivity contribution >= 4 is 11.4 Å². The molecule has 0 heterocycles. The number of allylic oxidation sites excluding steroid dienone is 2. The molecule has 0 aliphatic carbocycles. The number of ketones is 1. The molecule has 0 bridgehead atoms. The molecule has 1 rings (SSSR count). The topological polar surface area (TPSA) is 26.3 Å². The van der Waals surface area contributed by atoms with Gasteiger partial charge in [0.1, 0.15) is 5.75 Å². The molecule has 0 unspecified atom stereocenters. The van der Waals surface area contributed by atoms with Crippen molar-refractivity contribution < 1.29 is 22.7 Å². The maximum Gasteiger partial charge on any atom is 0.573 e. The van der Waals surface area contributed by atoms with E-state index in [-0.39, 0.29) is 11.5 Å². The first kappa shape index (κ1) is 13.3. The fourth-order valence-corrected chi connectivity index (χ4v) is 1.31. The van der Waals surface area contributed by atoms with E-state index in [9.17, 15) is 18.0 Å². The van der Waals surface area contributed by atoms with Gasteiger partial charge in [0.2, 0.25) is 0 Å². The zero-order chi connectivity index (χ0) is 13.1. The number of alkyl halides is 3. The molecular weight excluding hydrogens is 233 g/mol. The first-order chi connectivity index (χ1) is 7.78. The molecule has 0 saturated heterocycles. The molecule has 0 N–H and O–H groups in total. The van der Waals surface area contributed by atoms with Crippen LogP contribution in [0.4, 0.5) is 13.2 Å². The Morgan fingerprint density at radius 3 is 2.12 bits per heavy atom. The highest BCUT2D eigenvalue weighted by Crippen LogP contribution is 2.24. The summed E-state index contributed by atoms with van der Waals surface area (Å²) in [6.45, 7) is 3.12. The quantitative estimate of drug-likeness (QED) is 0.759. The average Bonchev–Trinajstić information content (AvgIpc) is 2.15. The van der Waals surface area contributed by atoms with Gasteiger partial charge in [0, 0.05) is 0 Å². The van der Waals surface area contributed by atoms with Crippen molar-refractivity contribution in [3.63, 3.8) is 0 Å². The van der Waals surface area contributed by atoms with Gasteiger partial charge in [-0.25, -0.2) is 0 Å². The molecule has 0 aliphatic heterocycles. The van der Waals surface area contributed by atoms with Crippen LogP contribution in [0.1, 0.15) is 19.4 Å². The number of carbonyl (C=O) groups is 1. The molecule has 0 radical (unpaired) electrons. The van der Waals surface area contributed by atoms with Gasteiger partial charge in [0.25, 0.3) is 0 Å². The molecule has 92 valence electrons. The van der Waals surface area contributed by atoms with E-state index in [4.69, 9.17) is 0 Å². The zero-order valence-corrected chi connectivity index (χ0v) is 9.34. The Kier molecular flexibility index (Phi) is 3.93. The summed E-state index contributed by atoms with van der Waals surface area (Å²) in [6.07, 6.45) is -3.27. The van der Waals surface area contributed by atoms with Crippen LogP contribution in [0.2, 0.25) is 0 Å². The summed E-state index contributed by atoms with van der Waals surface area (Å²) >= 11 is 0. The lowest BCUT2D eigenvalue weighted by molar-refractivity contribution is -0.274. The van der Waals surface area contributed by atoms with E-state index in [0.29, 0.717) is 11.1 Å². The highest BCUT2D eigenvalue weighted by molar-refractivity contribution is 5.94. The molecule has 2 nitrogen and oxygen atoms in total. The van der Waals surface area contributed by atoms with Crippen molar-refractivity contribution in [1.82, 2.24) is 0 Å². The number of rotatable bonds is 3. The van der Waals surface area contributed by atoms with Crippen LogP contribution >= 0.6 is 0 Å². The molecule has 0 aliphatic rings. The third-order valence-corrected chi connectivity index (χ3v) is 1.96. The van der Waals surface area contributed by atoms with E-state index in [1.165, 1.54) is 37.3 Å². The number of hydrogen-bond acceptors (Lipinski definition) is 2. The van der Waals surface area contributed by atoms with Crippen molar-refractivity contribution in [2.24, 2.45) is 0 Å². The molecule has 0 saturated carbocycles. The molecule has 0 amide bonds. The Labute approximate surface area is 96.7 Å². The maximum atomic E-state index is 11.9. The predicted molar refractivity (Wildman–Crippen MR) is 57.5 cm³/mol. The Hall–Kier alpha value is -1.78. The van der Waals surface area contributed by atoms with Gasteiger partial charge < -0.3 is 4.74 Å². The second kappa shape index (κ2) is 5.03. The third kappa shape index (κ3) is 4.72. The Balaban J connectivity index is 2.85. The van der Waals surface area contributed by atoms with Crippen molar-refractivity contribution in [1.29, 1.82) is 0 Å². The van der Waals surface area contributed by atoms with Crippen molar-refractivity contribution in [2.75, 3.05) is 0 Å². The van der Waals surface area contributed by atoms with Crippen LogP contribution in [-0.4, -0.2) is 12.1 Å². The second-order valence-electron chi connectivity index (χ2n) is 3.51. The van der Waals surface area contributed by atoms with Gasteiger partial charge in [0.05, 0.1) is 0 Å². The lowest BCUT2D eigenvalue weighted by Crippen LogP contribution is -2.16. The van der Waals surface area contributed by atoms with E-state index in [0.717, 1.165) is 0 Å². The molecule has 1 aromatic rings. The van der Waals surface area contributed by atoms with Gasteiger partial charge in [-0.05, 0) is 43.2 Å². The highest BCUT2D eigenvalue weighted by atomic mass is 19.4. The number of halogens is 3. The fraction of sp³-hybridized carbons (Fsp3) is 0.250. The molecule has 0 fully saturated rings. The normalized spacial score (nSPS) is 12.4. The van der Waals surface area contributed by atoms with Crippen molar-refractivity contribution in [2.45, 2.75) is 20.2 Å². The summed E-state index contributed by atoms with van der Waals surface area (Å²) in [5, 5.41) is 0. The summed E-state index contributed by atoms with van der Waals surface area (Å²) in [7, 11) is 0. The molecule has 0 spiro atoms. The summed E-state index contributed by atoms with van der Waals surface area (Å²) < 4.78 is 39.4. The Morgan fingerprint density at radius 2 is 1.71 bits per heavy atom. The minimum Gasteiger partial charge on any atom is -0.406 e. The standard InChI is InChI=1S/C12H11F3O2/c1-8(7-9(2)16)10-3-5-11(6-4-10)17-12(13,14)15/h3-7H,1-2H3/b8-7+. The van der Waals surface area contributed by atoms with Crippen LogP contribution in [0.5, 0.6) is 5.75 Å². The average molecular weight is 244 g/mol. The first-order valence-electron chi connectivity index (χ1n) is 4.83. The molecular formula is C12H11F3O2. The summed E-state index contributed by atoms with van der Waals surface area (Å²) in [5.74, 6) is -0.394. The smallest absolute Gasteiger partial charge is 0.406 e. The largest absolute Gasteiger partial charge is 0.573 e. The fourth-order valence-electron chi connectivity index (χ4n) is 1.31. The Morgan fingerprint density at radius 1 is 1.18 bits per heavy atom. The lowest BCUT2D eigenvalue weighted by atomic mass is 10.1. The summed E-state index contributed by atoms with van der Waals surface area (Å²) in [5.41, 5.74) is 1.37. The van der Waals surface area contributed by atoms with Crippen LogP contribution < -0.4 is 4.74 Å². The minimum atomic E-state index is -4.69. The van der Waals surface area contributed by atoms with Gasteiger partial charge in [-0.3, -0.25) is 4.79 Å². The highest BCUT2D eigenvalue weighted by Gasteiger charge is 2.30. The van der Waals surface area contributed by atoms with Crippen LogP contribution in [0.25, 0.3) is 5.57 Å². The molecule has 5 heteroatoms. The summed E-state index contributed by atoms with van der Waals surface area (Å²) in [6, 6.07) is 5.35. The molecule has 0 aromatic heterocycles. The monoisotopic (exact) mass is 244 g/mol. The first-order valence-corrected chi connectivity index (χ1v) is 4.83. The third-order valence-electron chi connectivity index (χ3n) is 1.96. The van der Waals surface area contributed by atoms with Gasteiger partial charge in [-0.15, -0.1) is 13.2 Å². The van der Waals surface area contributed by atoms with Crippen LogP contribution in [-0.2, 0) is 4.79 Å². The van der Waals surface area contributed by atoms with E-state index in [2.05, 4.69) is 4.74 Å². The number of ether oxygens (including phenoxy) is 1. The molecule has 0 atom stereocenters. The van der Waals surface area contributed by atoms with Crippen LogP contribution in [0, 0.1) is 0 Å². The van der Waals surface area contributed by atoms with Gasteiger partial charge in [-0.2, -0.15) is 0 Å².